The van der Waals surface area contributed by atoms with Crippen LogP contribution in [0, 0.1) is 10.1 Å². The molecule has 0 amide bonds. The van der Waals surface area contributed by atoms with Crippen molar-refractivity contribution in [2.75, 3.05) is 12.3 Å². The quantitative estimate of drug-likeness (QED) is 0.380. The van der Waals surface area contributed by atoms with E-state index in [1.165, 1.54) is 6.07 Å². The molecule has 0 aliphatic carbocycles. The number of rotatable bonds is 3. The Balaban J connectivity index is 3.37. The molecule has 1 rings (SSSR count). The molecule has 2 N–H and O–H groups in total. The van der Waals surface area contributed by atoms with E-state index in [0.717, 1.165) is 6.07 Å². The minimum Gasteiger partial charge on any atom is -0.462 e. The maximum atomic E-state index is 11.5. The third-order valence-corrected chi connectivity index (χ3v) is 2.23. The molecule has 0 unspecified atom stereocenters. The van der Waals surface area contributed by atoms with E-state index in [9.17, 15) is 14.9 Å². The average molecular weight is 245 g/mol. The van der Waals surface area contributed by atoms with E-state index < -0.39 is 16.6 Å². The standard InChI is InChI=1S/C9H9ClN2O4/c1-2-16-9(13)7-6(12(14)15)4-3-5(11)8(7)10/h3-4H,2,11H2,1H3. The van der Waals surface area contributed by atoms with Crippen LogP contribution in [0.25, 0.3) is 0 Å². The van der Waals surface area contributed by atoms with Gasteiger partial charge in [0.25, 0.3) is 5.69 Å². The van der Waals surface area contributed by atoms with Gasteiger partial charge in [0, 0.05) is 6.07 Å². The number of ether oxygens (including phenoxy) is 1. The average Bonchev–Trinajstić information content (AvgIpc) is 2.21. The molecule has 0 saturated carbocycles. The Morgan fingerprint density at radius 3 is 2.75 bits per heavy atom. The fourth-order valence-corrected chi connectivity index (χ4v) is 1.37. The van der Waals surface area contributed by atoms with Crippen LogP contribution in [0.5, 0.6) is 0 Å². The molecule has 16 heavy (non-hydrogen) atoms. The molecule has 86 valence electrons. The van der Waals surface area contributed by atoms with Gasteiger partial charge < -0.3 is 10.5 Å². The number of nitro groups is 1. The van der Waals surface area contributed by atoms with Gasteiger partial charge in [-0.25, -0.2) is 4.79 Å². The lowest BCUT2D eigenvalue weighted by molar-refractivity contribution is -0.385. The van der Waals surface area contributed by atoms with E-state index in [1.807, 2.05) is 0 Å². The first-order valence-corrected chi connectivity index (χ1v) is 4.76. The Hall–Kier alpha value is -1.82. The number of hydrogen-bond donors (Lipinski definition) is 1. The maximum absolute atomic E-state index is 11.5. The van der Waals surface area contributed by atoms with Crippen LogP contribution in [0.2, 0.25) is 5.02 Å². The van der Waals surface area contributed by atoms with E-state index in [1.54, 1.807) is 6.92 Å². The van der Waals surface area contributed by atoms with Gasteiger partial charge in [-0.05, 0) is 13.0 Å². The third kappa shape index (κ3) is 2.22. The van der Waals surface area contributed by atoms with Crippen molar-refractivity contribution in [1.29, 1.82) is 0 Å². The van der Waals surface area contributed by atoms with E-state index in [4.69, 9.17) is 17.3 Å². The van der Waals surface area contributed by atoms with Gasteiger partial charge in [0.05, 0.1) is 22.2 Å². The Bertz CT molecular complexity index is 447. The highest BCUT2D eigenvalue weighted by Crippen LogP contribution is 2.31. The lowest BCUT2D eigenvalue weighted by atomic mass is 10.1. The molecular formula is C9H9ClN2O4. The largest absolute Gasteiger partial charge is 0.462 e. The molecule has 6 nitrogen and oxygen atoms in total. The number of hydrogen-bond acceptors (Lipinski definition) is 5. The monoisotopic (exact) mass is 244 g/mol. The van der Waals surface area contributed by atoms with Crippen LogP contribution in [0.3, 0.4) is 0 Å². The van der Waals surface area contributed by atoms with Crippen LogP contribution in [0.4, 0.5) is 11.4 Å². The first-order chi connectivity index (χ1) is 7.49. The minimum atomic E-state index is -0.855. The molecule has 0 aliphatic rings. The molecular weight excluding hydrogens is 236 g/mol. The van der Waals surface area contributed by atoms with Crippen molar-refractivity contribution < 1.29 is 14.5 Å². The lowest BCUT2D eigenvalue weighted by Crippen LogP contribution is -2.10. The predicted octanol–water partition coefficient (Wildman–Crippen LogP) is 2.01. The number of nitrogens with two attached hydrogens (primary N) is 1. The number of carbonyl (C=O) groups is 1. The fourth-order valence-electron chi connectivity index (χ4n) is 1.13. The van der Waals surface area contributed by atoms with Gasteiger partial charge in [0.15, 0.2) is 5.56 Å². The molecule has 0 spiro atoms. The van der Waals surface area contributed by atoms with Crippen LogP contribution in [-0.2, 0) is 4.74 Å². The second kappa shape index (κ2) is 4.80. The molecule has 0 heterocycles. The molecule has 7 heteroatoms. The number of halogens is 1. The van der Waals surface area contributed by atoms with Gasteiger partial charge >= 0.3 is 5.97 Å². The number of nitro benzene ring substituents is 1. The van der Waals surface area contributed by atoms with Crippen molar-refractivity contribution in [1.82, 2.24) is 0 Å². The highest BCUT2D eigenvalue weighted by atomic mass is 35.5. The van der Waals surface area contributed by atoms with Gasteiger partial charge in [-0.2, -0.15) is 0 Å². The highest BCUT2D eigenvalue weighted by Gasteiger charge is 2.26. The number of esters is 1. The van der Waals surface area contributed by atoms with Gasteiger partial charge in [-0.1, -0.05) is 11.6 Å². The first-order valence-electron chi connectivity index (χ1n) is 4.38. The van der Waals surface area contributed by atoms with E-state index >= 15 is 0 Å². The molecule has 1 aromatic carbocycles. The molecule has 0 aliphatic heterocycles. The number of carbonyl (C=O) groups excluding carboxylic acids is 1. The van der Waals surface area contributed by atoms with Crippen molar-refractivity contribution in [3.8, 4) is 0 Å². The van der Waals surface area contributed by atoms with Crippen LogP contribution >= 0.6 is 11.6 Å². The summed E-state index contributed by atoms with van der Waals surface area (Å²) in [5, 5.41) is 10.5. The first kappa shape index (κ1) is 12.3. The van der Waals surface area contributed by atoms with Gasteiger partial charge in [0.2, 0.25) is 0 Å². The summed E-state index contributed by atoms with van der Waals surface area (Å²) < 4.78 is 4.67. The number of nitrogen functional groups attached to an aromatic ring is 1. The van der Waals surface area contributed by atoms with Crippen molar-refractivity contribution >= 4 is 28.9 Å². The molecule has 1 aromatic rings. The van der Waals surface area contributed by atoms with Gasteiger partial charge in [-0.15, -0.1) is 0 Å². The molecule has 0 bridgehead atoms. The van der Waals surface area contributed by atoms with Gasteiger partial charge in [-0.3, -0.25) is 10.1 Å². The smallest absolute Gasteiger partial charge is 0.346 e. The molecule has 0 atom stereocenters. The van der Waals surface area contributed by atoms with Crippen LogP contribution in [0.1, 0.15) is 17.3 Å². The fraction of sp³-hybridized carbons (Fsp3) is 0.222. The van der Waals surface area contributed by atoms with Crippen molar-refractivity contribution in [3.63, 3.8) is 0 Å². The second-order valence-corrected chi connectivity index (χ2v) is 3.22. The van der Waals surface area contributed by atoms with Crippen molar-refractivity contribution in [2.24, 2.45) is 0 Å². The zero-order valence-electron chi connectivity index (χ0n) is 8.40. The predicted molar refractivity (Wildman–Crippen MR) is 58.5 cm³/mol. The zero-order chi connectivity index (χ0) is 12.3. The van der Waals surface area contributed by atoms with Crippen molar-refractivity contribution in [2.45, 2.75) is 6.92 Å². The molecule has 0 saturated heterocycles. The normalized spacial score (nSPS) is 9.88. The molecule has 0 fully saturated rings. The Labute approximate surface area is 96.1 Å². The van der Waals surface area contributed by atoms with Crippen LogP contribution in [0.15, 0.2) is 12.1 Å². The topological polar surface area (TPSA) is 95.5 Å². The van der Waals surface area contributed by atoms with E-state index in [0.29, 0.717) is 0 Å². The maximum Gasteiger partial charge on any atom is 0.346 e. The van der Waals surface area contributed by atoms with Crippen molar-refractivity contribution in [3.05, 3.63) is 32.8 Å². The molecule has 0 radical (unpaired) electrons. The minimum absolute atomic E-state index is 0.0929. The van der Waals surface area contributed by atoms with Crippen LogP contribution < -0.4 is 5.73 Å². The summed E-state index contributed by atoms with van der Waals surface area (Å²) in [5.74, 6) is -0.855. The summed E-state index contributed by atoms with van der Waals surface area (Å²) in [6.45, 7) is 1.69. The Morgan fingerprint density at radius 1 is 1.62 bits per heavy atom. The molecule has 0 aromatic heterocycles. The van der Waals surface area contributed by atoms with Gasteiger partial charge in [0.1, 0.15) is 0 Å². The van der Waals surface area contributed by atoms with E-state index in [-0.39, 0.29) is 22.9 Å². The highest BCUT2D eigenvalue weighted by molar-refractivity contribution is 6.36. The number of anilines is 1. The Kier molecular flexibility index (Phi) is 3.68. The Morgan fingerprint density at radius 2 is 2.25 bits per heavy atom. The summed E-state index contributed by atoms with van der Waals surface area (Å²) in [6.07, 6.45) is 0. The summed E-state index contributed by atoms with van der Waals surface area (Å²) in [5.41, 5.74) is 4.82. The zero-order valence-corrected chi connectivity index (χ0v) is 9.15. The summed E-state index contributed by atoms with van der Waals surface area (Å²) in [4.78, 5) is 21.5. The van der Waals surface area contributed by atoms with Crippen LogP contribution in [-0.4, -0.2) is 17.5 Å². The number of nitrogens with zero attached hydrogens (tertiary/aromatic N) is 1. The summed E-state index contributed by atoms with van der Waals surface area (Å²) in [6, 6.07) is 2.39. The van der Waals surface area contributed by atoms with E-state index in [2.05, 4.69) is 4.74 Å². The second-order valence-electron chi connectivity index (χ2n) is 2.84. The SMILES string of the molecule is CCOC(=O)c1c([N+](=O)[O-])ccc(N)c1Cl. The summed E-state index contributed by atoms with van der Waals surface area (Å²) >= 11 is 5.74. The lowest BCUT2D eigenvalue weighted by Gasteiger charge is -2.06. The third-order valence-electron chi connectivity index (χ3n) is 1.83. The summed E-state index contributed by atoms with van der Waals surface area (Å²) in [7, 11) is 0. The number of benzene rings is 1.